The van der Waals surface area contributed by atoms with Crippen molar-refractivity contribution in [2.24, 2.45) is 5.10 Å². The molecule has 0 aliphatic carbocycles. The van der Waals surface area contributed by atoms with Crippen LogP contribution in [0.3, 0.4) is 0 Å². The van der Waals surface area contributed by atoms with Gasteiger partial charge in [-0.05, 0) is 54.0 Å². The lowest BCUT2D eigenvalue weighted by Crippen LogP contribution is -2.39. The van der Waals surface area contributed by atoms with Gasteiger partial charge in [-0.25, -0.2) is 13.8 Å². The number of ether oxygens (including phenoxy) is 1. The van der Waals surface area contributed by atoms with E-state index in [1.54, 1.807) is 49.4 Å². The smallest absolute Gasteiger partial charge is 0.264 e. The standard InChI is InChI=1S/C22H22BrN3O5S/c1-15-7-9-20(10-8-15)32(28,29)26(17-5-4-6-18(11-17)30-3)14-22(27)25-24-13-19-12-21(23)16(2)31-19/h4-13H,14H2,1-3H3,(H,25,27)/b24-13-. The Balaban J connectivity index is 1.86. The Bertz CT molecular complexity index is 1220. The molecule has 2 aromatic carbocycles. The fraction of sp³-hybridized carbons (Fsp3) is 0.182. The summed E-state index contributed by atoms with van der Waals surface area (Å²) in [6.07, 6.45) is 1.33. The van der Waals surface area contributed by atoms with Crippen LogP contribution in [-0.4, -0.2) is 34.2 Å². The summed E-state index contributed by atoms with van der Waals surface area (Å²) in [6, 6.07) is 14.6. The molecule has 3 rings (SSSR count). The molecule has 0 fully saturated rings. The van der Waals surface area contributed by atoms with Gasteiger partial charge in [-0.3, -0.25) is 9.10 Å². The third-order valence-corrected chi connectivity index (χ3v) is 7.07. The predicted molar refractivity (Wildman–Crippen MR) is 126 cm³/mol. The molecule has 0 bridgehead atoms. The molecule has 1 N–H and O–H groups in total. The van der Waals surface area contributed by atoms with Gasteiger partial charge in [0.25, 0.3) is 15.9 Å². The Kier molecular flexibility index (Phi) is 7.37. The molecule has 0 unspecified atom stereocenters. The average Bonchev–Trinajstić information content (AvgIpc) is 3.09. The number of methoxy groups -OCH3 is 1. The Morgan fingerprint density at radius 1 is 1.19 bits per heavy atom. The number of nitrogens with zero attached hydrogens (tertiary/aromatic N) is 2. The summed E-state index contributed by atoms with van der Waals surface area (Å²) in [4.78, 5) is 12.6. The molecule has 1 aromatic heterocycles. The van der Waals surface area contributed by atoms with Crippen molar-refractivity contribution in [3.8, 4) is 5.75 Å². The molecule has 0 atom stereocenters. The van der Waals surface area contributed by atoms with Gasteiger partial charge in [-0.1, -0.05) is 23.8 Å². The summed E-state index contributed by atoms with van der Waals surface area (Å²) in [5.74, 6) is 0.948. The topological polar surface area (TPSA) is 101 Å². The van der Waals surface area contributed by atoms with E-state index in [1.807, 2.05) is 6.92 Å². The van der Waals surface area contributed by atoms with E-state index in [9.17, 15) is 13.2 Å². The number of amides is 1. The van der Waals surface area contributed by atoms with Crippen LogP contribution in [0.15, 0.2) is 73.5 Å². The molecule has 0 radical (unpaired) electrons. The lowest BCUT2D eigenvalue weighted by molar-refractivity contribution is -0.119. The number of anilines is 1. The van der Waals surface area contributed by atoms with E-state index in [1.165, 1.54) is 25.5 Å². The molecule has 168 valence electrons. The van der Waals surface area contributed by atoms with Crippen molar-refractivity contribution in [2.75, 3.05) is 18.0 Å². The molecule has 0 saturated heterocycles. The normalized spacial score (nSPS) is 11.5. The first-order valence-corrected chi connectivity index (χ1v) is 11.8. The minimum Gasteiger partial charge on any atom is -0.497 e. The Morgan fingerprint density at radius 3 is 2.53 bits per heavy atom. The number of hydrogen-bond acceptors (Lipinski definition) is 6. The maximum atomic E-state index is 13.4. The fourth-order valence-electron chi connectivity index (χ4n) is 2.80. The molecule has 10 heteroatoms. The first-order valence-electron chi connectivity index (χ1n) is 9.52. The number of carbonyl (C=O) groups is 1. The molecule has 3 aromatic rings. The first-order chi connectivity index (χ1) is 15.2. The van der Waals surface area contributed by atoms with Gasteiger partial charge in [0, 0.05) is 12.1 Å². The molecule has 0 spiro atoms. The number of hydrazone groups is 1. The molecule has 8 nitrogen and oxygen atoms in total. The largest absolute Gasteiger partial charge is 0.497 e. The second kappa shape index (κ2) is 10.0. The van der Waals surface area contributed by atoms with E-state index in [2.05, 4.69) is 26.5 Å². The molecular formula is C22H22BrN3O5S. The number of benzene rings is 2. The summed E-state index contributed by atoms with van der Waals surface area (Å²) in [5, 5.41) is 3.86. The second-order valence-corrected chi connectivity index (χ2v) is 9.59. The third kappa shape index (κ3) is 5.57. The predicted octanol–water partition coefficient (Wildman–Crippen LogP) is 4.01. The van der Waals surface area contributed by atoms with Gasteiger partial charge in [0.1, 0.15) is 23.8 Å². The van der Waals surface area contributed by atoms with Crippen molar-refractivity contribution in [1.29, 1.82) is 0 Å². The molecule has 1 amide bonds. The summed E-state index contributed by atoms with van der Waals surface area (Å²) >= 11 is 3.33. The van der Waals surface area contributed by atoms with Gasteiger partial charge in [0.15, 0.2) is 0 Å². The molecule has 1 heterocycles. The van der Waals surface area contributed by atoms with Crippen LogP contribution in [0.2, 0.25) is 0 Å². The van der Waals surface area contributed by atoms with Crippen LogP contribution in [0.5, 0.6) is 5.75 Å². The van der Waals surface area contributed by atoms with E-state index in [0.717, 1.165) is 14.3 Å². The van der Waals surface area contributed by atoms with E-state index in [-0.39, 0.29) is 10.6 Å². The highest BCUT2D eigenvalue weighted by atomic mass is 79.9. The van der Waals surface area contributed by atoms with Crippen molar-refractivity contribution in [3.63, 3.8) is 0 Å². The van der Waals surface area contributed by atoms with Gasteiger partial charge in [0.2, 0.25) is 0 Å². The lowest BCUT2D eigenvalue weighted by Gasteiger charge is -2.24. The van der Waals surface area contributed by atoms with Crippen LogP contribution in [0, 0.1) is 13.8 Å². The molecule has 0 saturated carbocycles. The van der Waals surface area contributed by atoms with Crippen LogP contribution in [0.1, 0.15) is 17.1 Å². The van der Waals surface area contributed by atoms with Crippen molar-refractivity contribution in [2.45, 2.75) is 18.7 Å². The Labute approximate surface area is 195 Å². The Hall–Kier alpha value is -3.11. The Morgan fingerprint density at radius 2 is 1.91 bits per heavy atom. The van der Waals surface area contributed by atoms with Gasteiger partial charge in [-0.15, -0.1) is 0 Å². The highest BCUT2D eigenvalue weighted by Gasteiger charge is 2.27. The van der Waals surface area contributed by atoms with E-state index >= 15 is 0 Å². The minimum absolute atomic E-state index is 0.0677. The van der Waals surface area contributed by atoms with E-state index < -0.39 is 22.5 Å². The van der Waals surface area contributed by atoms with Crippen molar-refractivity contribution < 1.29 is 22.4 Å². The van der Waals surface area contributed by atoms with E-state index in [4.69, 9.17) is 9.15 Å². The molecular weight excluding hydrogens is 498 g/mol. The number of hydrogen-bond donors (Lipinski definition) is 1. The number of rotatable bonds is 8. The minimum atomic E-state index is -4.03. The highest BCUT2D eigenvalue weighted by molar-refractivity contribution is 9.10. The third-order valence-electron chi connectivity index (χ3n) is 4.49. The quantitative estimate of drug-likeness (QED) is 0.357. The van der Waals surface area contributed by atoms with Gasteiger partial charge >= 0.3 is 0 Å². The number of furan rings is 1. The number of aryl methyl sites for hydroxylation is 2. The van der Waals surface area contributed by atoms with Gasteiger partial charge in [-0.2, -0.15) is 5.10 Å². The van der Waals surface area contributed by atoms with E-state index in [0.29, 0.717) is 17.3 Å². The second-order valence-electron chi connectivity index (χ2n) is 6.87. The van der Waals surface area contributed by atoms with Crippen LogP contribution in [-0.2, 0) is 14.8 Å². The van der Waals surface area contributed by atoms with Crippen molar-refractivity contribution in [3.05, 3.63) is 76.2 Å². The number of nitrogens with one attached hydrogen (secondary N) is 1. The number of carbonyl (C=O) groups excluding carboxylic acids is 1. The van der Waals surface area contributed by atoms with Crippen molar-refractivity contribution >= 4 is 43.8 Å². The zero-order valence-corrected chi connectivity index (χ0v) is 20.1. The summed E-state index contributed by atoms with van der Waals surface area (Å²) in [6.45, 7) is 3.16. The summed E-state index contributed by atoms with van der Waals surface area (Å²) in [7, 11) is -2.55. The van der Waals surface area contributed by atoms with Crippen molar-refractivity contribution in [1.82, 2.24) is 5.43 Å². The average molecular weight is 520 g/mol. The zero-order chi connectivity index (χ0) is 23.3. The lowest BCUT2D eigenvalue weighted by atomic mass is 10.2. The zero-order valence-electron chi connectivity index (χ0n) is 17.7. The highest BCUT2D eigenvalue weighted by Crippen LogP contribution is 2.27. The maximum absolute atomic E-state index is 13.4. The van der Waals surface area contributed by atoms with Crippen LogP contribution < -0.4 is 14.5 Å². The van der Waals surface area contributed by atoms with Gasteiger partial charge in [0.05, 0.1) is 28.4 Å². The SMILES string of the molecule is COc1cccc(N(CC(=O)N/N=C\c2cc(Br)c(C)o2)S(=O)(=O)c2ccc(C)cc2)c1. The van der Waals surface area contributed by atoms with Gasteiger partial charge < -0.3 is 9.15 Å². The monoisotopic (exact) mass is 519 g/mol. The van der Waals surface area contributed by atoms with Crippen LogP contribution in [0.4, 0.5) is 5.69 Å². The summed E-state index contributed by atoms with van der Waals surface area (Å²) < 4.78 is 39.1. The number of sulfonamides is 1. The maximum Gasteiger partial charge on any atom is 0.264 e. The fourth-order valence-corrected chi connectivity index (χ4v) is 4.52. The number of halogens is 1. The molecule has 32 heavy (non-hydrogen) atoms. The summed E-state index contributed by atoms with van der Waals surface area (Å²) in [5.41, 5.74) is 3.55. The first kappa shape index (κ1) is 23.6. The molecule has 0 aliphatic rings. The molecule has 0 aliphatic heterocycles. The van der Waals surface area contributed by atoms with Crippen LogP contribution >= 0.6 is 15.9 Å². The van der Waals surface area contributed by atoms with Crippen LogP contribution in [0.25, 0.3) is 0 Å².